The van der Waals surface area contributed by atoms with Crippen LogP contribution < -0.4 is 0 Å². The van der Waals surface area contributed by atoms with Crippen molar-refractivity contribution < 1.29 is 45.0 Å². The van der Waals surface area contributed by atoms with Crippen LogP contribution in [0.25, 0.3) is 0 Å². The van der Waals surface area contributed by atoms with Crippen molar-refractivity contribution in [3.8, 4) is 0 Å². The van der Waals surface area contributed by atoms with E-state index in [-0.39, 0.29) is 25.8 Å². The van der Waals surface area contributed by atoms with E-state index in [2.05, 4.69) is 83.1 Å². The van der Waals surface area contributed by atoms with Crippen molar-refractivity contribution in [3.63, 3.8) is 0 Å². The van der Waals surface area contributed by atoms with Crippen LogP contribution >= 0.6 is 0 Å². The molecule has 0 aromatic rings. The van der Waals surface area contributed by atoms with E-state index in [0.717, 1.165) is 72.5 Å². The molecule has 0 aromatic heterocycles. The van der Waals surface area contributed by atoms with Crippen molar-refractivity contribution in [1.29, 1.82) is 0 Å². The SMILES string of the molecule is CCCC[Si](O)(CCCC)CCCC.CCCC[Si](O)(CCCC)CCCC.CCCC[Si](O)(CCCC)CCCC.CCCC[Si](O)(CCCC)CCCC.[Hf]. The molecule has 0 radical (unpaired) electrons. The Morgan fingerprint density at radius 3 is 0.316 bits per heavy atom. The van der Waals surface area contributed by atoms with Gasteiger partial charge in [-0.25, -0.2) is 0 Å². The fourth-order valence-corrected chi connectivity index (χ4v) is 22.7. The molecule has 348 valence electrons. The Morgan fingerprint density at radius 1 is 0.193 bits per heavy atom. The van der Waals surface area contributed by atoms with Gasteiger partial charge in [-0.1, -0.05) is 237 Å². The summed E-state index contributed by atoms with van der Waals surface area (Å²) in [5.74, 6) is 0. The third kappa shape index (κ3) is 46.9. The molecule has 0 aromatic carbocycles. The van der Waals surface area contributed by atoms with Crippen LogP contribution in [0.15, 0.2) is 0 Å². The van der Waals surface area contributed by atoms with Gasteiger partial charge in [0, 0.05) is 25.8 Å². The van der Waals surface area contributed by atoms with Crippen molar-refractivity contribution in [3.05, 3.63) is 0 Å². The van der Waals surface area contributed by atoms with Gasteiger partial charge in [-0.15, -0.1) is 0 Å². The maximum absolute atomic E-state index is 10.5. The summed E-state index contributed by atoms with van der Waals surface area (Å²) in [5.41, 5.74) is 0. The van der Waals surface area contributed by atoms with Crippen LogP contribution in [0.2, 0.25) is 72.5 Å². The van der Waals surface area contributed by atoms with E-state index in [1.165, 1.54) is 154 Å². The zero-order chi connectivity index (χ0) is 43.5. The molecule has 0 aliphatic heterocycles. The summed E-state index contributed by atoms with van der Waals surface area (Å²) in [6.07, 6.45) is 29.5. The van der Waals surface area contributed by atoms with Crippen LogP contribution in [0.5, 0.6) is 0 Å². The first-order valence-electron chi connectivity index (χ1n) is 25.6. The van der Waals surface area contributed by atoms with E-state index < -0.39 is 33.3 Å². The second-order valence-electron chi connectivity index (χ2n) is 18.1. The average molecular weight is 1040 g/mol. The zero-order valence-electron chi connectivity index (χ0n) is 41.7. The molecule has 0 aliphatic rings. The predicted molar refractivity (Wildman–Crippen MR) is 268 cm³/mol. The quantitative estimate of drug-likeness (QED) is 0.0472. The Morgan fingerprint density at radius 2 is 0.263 bits per heavy atom. The van der Waals surface area contributed by atoms with Gasteiger partial charge >= 0.3 is 0 Å². The Balaban J connectivity index is -0.000000210. The number of unbranched alkanes of at least 4 members (excludes halogenated alkanes) is 12. The molecule has 0 aliphatic carbocycles. The van der Waals surface area contributed by atoms with Gasteiger partial charge in [0.25, 0.3) is 0 Å². The Kier molecular flexibility index (Phi) is 57.7. The van der Waals surface area contributed by atoms with Gasteiger partial charge in [0.15, 0.2) is 33.3 Å². The van der Waals surface area contributed by atoms with Gasteiger partial charge in [-0.2, -0.15) is 0 Å². The molecule has 0 saturated carbocycles. The average Bonchev–Trinajstić information content (AvgIpc) is 3.21. The van der Waals surface area contributed by atoms with E-state index in [0.29, 0.717) is 0 Å². The van der Waals surface area contributed by atoms with E-state index in [4.69, 9.17) is 0 Å². The number of rotatable bonds is 36. The van der Waals surface area contributed by atoms with Gasteiger partial charge in [-0.05, 0) is 72.5 Å². The maximum Gasteiger partial charge on any atom is 0.188 e. The van der Waals surface area contributed by atoms with Crippen molar-refractivity contribution in [2.24, 2.45) is 0 Å². The van der Waals surface area contributed by atoms with Crippen molar-refractivity contribution in [2.45, 2.75) is 310 Å². The number of hydrogen-bond acceptors (Lipinski definition) is 4. The molecule has 0 bridgehead atoms. The molecule has 0 heterocycles. The summed E-state index contributed by atoms with van der Waals surface area (Å²) in [4.78, 5) is 42.2. The predicted octanol–water partition coefficient (Wildman–Crippen LogP) is 17.3. The van der Waals surface area contributed by atoms with Crippen LogP contribution in [0.4, 0.5) is 0 Å². The Hall–Kier alpha value is 1.58. The summed E-state index contributed by atoms with van der Waals surface area (Å²) < 4.78 is 0. The van der Waals surface area contributed by atoms with Crippen LogP contribution in [0.1, 0.15) is 237 Å². The smallest absolute Gasteiger partial charge is 0.188 e. The van der Waals surface area contributed by atoms with E-state index in [1.54, 1.807) is 0 Å². The summed E-state index contributed by atoms with van der Waals surface area (Å²) >= 11 is 0. The third-order valence-electron chi connectivity index (χ3n) is 11.9. The third-order valence-corrected chi connectivity index (χ3v) is 27.4. The van der Waals surface area contributed by atoms with Gasteiger partial charge in [-0.3, -0.25) is 0 Å². The van der Waals surface area contributed by atoms with Crippen molar-refractivity contribution in [1.82, 2.24) is 0 Å². The van der Waals surface area contributed by atoms with Gasteiger partial charge in [0.1, 0.15) is 0 Å². The van der Waals surface area contributed by atoms with Crippen LogP contribution in [-0.2, 0) is 25.8 Å². The first-order valence-corrected chi connectivity index (χ1v) is 35.9. The largest absolute Gasteiger partial charge is 0.432 e. The van der Waals surface area contributed by atoms with Crippen LogP contribution in [0, 0.1) is 0 Å². The summed E-state index contributed by atoms with van der Waals surface area (Å²) in [6.45, 7) is 26.6. The number of hydrogen-bond donors (Lipinski definition) is 4. The fourth-order valence-electron chi connectivity index (χ4n) is 7.57. The standard InChI is InChI=1S/4C12H28OSi.Hf/c4*1-4-7-10-14(13,11-8-5-2)12-9-6-3;/h4*13H,4-12H2,1-3H3;. The zero-order valence-corrected chi connectivity index (χ0v) is 49.3. The second kappa shape index (κ2) is 48.6. The minimum Gasteiger partial charge on any atom is -0.432 e. The molecule has 0 atom stereocenters. The summed E-state index contributed by atoms with van der Waals surface area (Å²) in [7, 11) is -7.25. The topological polar surface area (TPSA) is 80.9 Å². The first kappa shape index (κ1) is 67.7. The first-order chi connectivity index (χ1) is 26.7. The van der Waals surface area contributed by atoms with Crippen molar-refractivity contribution in [2.75, 3.05) is 0 Å². The monoisotopic (exact) mass is 1040 g/mol. The molecule has 4 nitrogen and oxygen atoms in total. The van der Waals surface area contributed by atoms with E-state index in [9.17, 15) is 19.2 Å². The van der Waals surface area contributed by atoms with Gasteiger partial charge in [0.05, 0.1) is 0 Å². The molecule has 0 spiro atoms. The molecule has 0 rings (SSSR count). The normalized spacial score (nSPS) is 11.8. The molecule has 0 fully saturated rings. The molecule has 57 heavy (non-hydrogen) atoms. The van der Waals surface area contributed by atoms with Gasteiger partial charge in [0.2, 0.25) is 0 Å². The fraction of sp³-hybridized carbons (Fsp3) is 1.00. The minimum atomic E-state index is -1.81. The molecule has 0 amide bonds. The Labute approximate surface area is 385 Å². The molecule has 0 unspecified atom stereocenters. The van der Waals surface area contributed by atoms with E-state index >= 15 is 0 Å². The molecular formula is C48H112HfO4Si4. The molecule has 9 heteroatoms. The van der Waals surface area contributed by atoms with Crippen LogP contribution in [0.3, 0.4) is 0 Å². The van der Waals surface area contributed by atoms with Gasteiger partial charge < -0.3 is 19.2 Å². The second-order valence-corrected chi connectivity index (χ2v) is 33.9. The molecular weight excluding hydrogens is 931 g/mol. The molecule has 0 saturated heterocycles. The van der Waals surface area contributed by atoms with Crippen molar-refractivity contribution >= 4 is 33.3 Å². The maximum atomic E-state index is 10.5. The minimum absolute atomic E-state index is 0. The Bertz CT molecular complexity index is 542. The molecule has 4 N–H and O–H groups in total. The summed E-state index contributed by atoms with van der Waals surface area (Å²) in [5, 5.41) is 0. The van der Waals surface area contributed by atoms with Crippen LogP contribution in [-0.4, -0.2) is 52.5 Å². The van der Waals surface area contributed by atoms with E-state index in [1.807, 2.05) is 0 Å². The summed E-state index contributed by atoms with van der Waals surface area (Å²) in [6, 6.07) is 13.7.